The van der Waals surface area contributed by atoms with Crippen molar-refractivity contribution in [3.05, 3.63) is 47.0 Å². The molecule has 4 nitrogen and oxygen atoms in total. The number of benzene rings is 1. The Labute approximate surface area is 101 Å². The first-order valence-electron chi connectivity index (χ1n) is 6.00. The summed E-state index contributed by atoms with van der Waals surface area (Å²) in [6.07, 6.45) is 0.868. The van der Waals surface area contributed by atoms with E-state index >= 15 is 0 Å². The predicted molar refractivity (Wildman–Crippen MR) is 65.7 cm³/mol. The lowest BCUT2D eigenvalue weighted by atomic mass is 10.1. The number of hydrogen-bond acceptors (Lipinski definition) is 3. The zero-order valence-corrected chi connectivity index (χ0v) is 9.98. The lowest BCUT2D eigenvalue weighted by Crippen LogP contribution is -2.29. The van der Waals surface area contributed by atoms with Gasteiger partial charge in [0.05, 0.1) is 6.54 Å². The van der Waals surface area contributed by atoms with Gasteiger partial charge in [-0.1, -0.05) is 29.8 Å². The summed E-state index contributed by atoms with van der Waals surface area (Å²) in [6.45, 7) is 4.92. The molecular formula is C13H16N4. The third kappa shape index (κ3) is 2.08. The summed E-state index contributed by atoms with van der Waals surface area (Å²) in [5, 5.41) is 11.8. The van der Waals surface area contributed by atoms with Gasteiger partial charge in [0.2, 0.25) is 0 Å². The van der Waals surface area contributed by atoms with Crippen molar-refractivity contribution in [1.29, 1.82) is 0 Å². The van der Waals surface area contributed by atoms with Gasteiger partial charge in [-0.25, -0.2) is 0 Å². The van der Waals surface area contributed by atoms with E-state index in [2.05, 4.69) is 51.3 Å². The van der Waals surface area contributed by atoms with E-state index in [4.69, 9.17) is 0 Å². The first kappa shape index (κ1) is 10.5. The Balaban J connectivity index is 1.85. The second-order valence-corrected chi connectivity index (χ2v) is 4.52. The van der Waals surface area contributed by atoms with Crippen LogP contribution in [0.1, 0.15) is 22.8 Å². The monoisotopic (exact) mass is 228 g/mol. The maximum absolute atomic E-state index is 4.29. The largest absolute Gasteiger partial charge is 0.312 e. The van der Waals surface area contributed by atoms with Crippen molar-refractivity contribution >= 4 is 0 Å². The summed E-state index contributed by atoms with van der Waals surface area (Å²) in [5.74, 6) is 2.13. The van der Waals surface area contributed by atoms with Crippen molar-refractivity contribution in [2.75, 3.05) is 6.54 Å². The van der Waals surface area contributed by atoms with Crippen LogP contribution in [0.15, 0.2) is 24.3 Å². The van der Waals surface area contributed by atoms with E-state index in [0.717, 1.165) is 37.7 Å². The molecule has 0 amide bonds. The van der Waals surface area contributed by atoms with Crippen LogP contribution in [-0.4, -0.2) is 21.3 Å². The van der Waals surface area contributed by atoms with Gasteiger partial charge < -0.3 is 9.88 Å². The van der Waals surface area contributed by atoms with Crippen LogP contribution in [0.3, 0.4) is 0 Å². The lowest BCUT2D eigenvalue weighted by molar-refractivity contribution is 0.496. The number of aryl methyl sites for hydroxylation is 1. The van der Waals surface area contributed by atoms with E-state index in [-0.39, 0.29) is 0 Å². The van der Waals surface area contributed by atoms with Crippen LogP contribution in [0.4, 0.5) is 0 Å². The van der Waals surface area contributed by atoms with Gasteiger partial charge in [0.1, 0.15) is 11.6 Å². The minimum atomic E-state index is 0.834. The highest BCUT2D eigenvalue weighted by atomic mass is 15.3. The zero-order chi connectivity index (χ0) is 11.7. The normalized spacial score (nSPS) is 14.6. The summed E-state index contributed by atoms with van der Waals surface area (Å²) in [6, 6.07) is 8.62. The molecule has 17 heavy (non-hydrogen) atoms. The number of fused-ring (bicyclic) bond motifs is 1. The van der Waals surface area contributed by atoms with Gasteiger partial charge >= 0.3 is 0 Å². The molecule has 1 N–H and O–H groups in total. The average molecular weight is 228 g/mol. The fraction of sp³-hybridized carbons (Fsp3) is 0.385. The molecule has 2 heterocycles. The minimum absolute atomic E-state index is 0.834. The Morgan fingerprint density at radius 1 is 1.24 bits per heavy atom. The van der Waals surface area contributed by atoms with E-state index in [1.54, 1.807) is 0 Å². The molecule has 0 saturated heterocycles. The standard InChI is InChI=1S/C13H16N4/c1-10-2-4-11(5-3-10)8-12-15-16-13-9-14-6-7-17(12)13/h2-5,14H,6-9H2,1H3. The van der Waals surface area contributed by atoms with Crippen molar-refractivity contribution in [1.82, 2.24) is 20.1 Å². The van der Waals surface area contributed by atoms with E-state index in [0.29, 0.717) is 0 Å². The maximum atomic E-state index is 4.29. The SMILES string of the molecule is Cc1ccc(Cc2nnc3n2CCNC3)cc1. The highest BCUT2D eigenvalue weighted by Crippen LogP contribution is 2.12. The molecule has 0 unspecified atom stereocenters. The minimum Gasteiger partial charge on any atom is -0.312 e. The lowest BCUT2D eigenvalue weighted by Gasteiger charge is -2.15. The van der Waals surface area contributed by atoms with Crippen molar-refractivity contribution in [2.24, 2.45) is 0 Å². The molecule has 1 aliphatic rings. The Bertz CT molecular complexity index is 513. The third-order valence-corrected chi connectivity index (χ3v) is 3.18. The van der Waals surface area contributed by atoms with Gasteiger partial charge in [-0.2, -0.15) is 0 Å². The molecule has 0 atom stereocenters. The molecule has 2 aromatic rings. The van der Waals surface area contributed by atoms with E-state index in [9.17, 15) is 0 Å². The van der Waals surface area contributed by atoms with Crippen molar-refractivity contribution in [3.63, 3.8) is 0 Å². The number of aromatic nitrogens is 3. The van der Waals surface area contributed by atoms with E-state index in [1.807, 2.05) is 0 Å². The molecule has 0 fully saturated rings. The van der Waals surface area contributed by atoms with Gasteiger partial charge in [0.15, 0.2) is 0 Å². The topological polar surface area (TPSA) is 42.7 Å². The van der Waals surface area contributed by atoms with Crippen LogP contribution in [-0.2, 0) is 19.5 Å². The summed E-state index contributed by atoms with van der Waals surface area (Å²) in [5.41, 5.74) is 2.59. The third-order valence-electron chi connectivity index (χ3n) is 3.18. The maximum Gasteiger partial charge on any atom is 0.147 e. The quantitative estimate of drug-likeness (QED) is 0.842. The van der Waals surface area contributed by atoms with Crippen LogP contribution in [0.25, 0.3) is 0 Å². The summed E-state index contributed by atoms with van der Waals surface area (Å²) in [4.78, 5) is 0. The molecule has 0 radical (unpaired) electrons. The van der Waals surface area contributed by atoms with Crippen LogP contribution in [0.2, 0.25) is 0 Å². The Morgan fingerprint density at radius 3 is 2.88 bits per heavy atom. The van der Waals surface area contributed by atoms with Crippen molar-refractivity contribution in [3.8, 4) is 0 Å². The number of rotatable bonds is 2. The molecule has 0 saturated carbocycles. The van der Waals surface area contributed by atoms with E-state index < -0.39 is 0 Å². The second-order valence-electron chi connectivity index (χ2n) is 4.52. The van der Waals surface area contributed by atoms with Crippen LogP contribution >= 0.6 is 0 Å². The van der Waals surface area contributed by atoms with Crippen LogP contribution in [0.5, 0.6) is 0 Å². The van der Waals surface area contributed by atoms with Gasteiger partial charge in [-0.3, -0.25) is 0 Å². The molecule has 0 bridgehead atoms. The molecule has 0 aliphatic carbocycles. The Kier molecular flexibility index (Phi) is 2.65. The second kappa shape index (κ2) is 4.30. The molecule has 1 aromatic carbocycles. The van der Waals surface area contributed by atoms with Gasteiger partial charge in [-0.05, 0) is 12.5 Å². The first-order valence-corrected chi connectivity index (χ1v) is 6.00. The summed E-state index contributed by atoms with van der Waals surface area (Å²) < 4.78 is 2.23. The van der Waals surface area contributed by atoms with Gasteiger partial charge in [0.25, 0.3) is 0 Å². The van der Waals surface area contributed by atoms with Crippen LogP contribution in [0, 0.1) is 6.92 Å². The fourth-order valence-electron chi connectivity index (χ4n) is 2.17. The Hall–Kier alpha value is -1.68. The van der Waals surface area contributed by atoms with Gasteiger partial charge in [0, 0.05) is 19.5 Å². The molecule has 1 aliphatic heterocycles. The molecule has 0 spiro atoms. The summed E-state index contributed by atoms with van der Waals surface area (Å²) >= 11 is 0. The van der Waals surface area contributed by atoms with Gasteiger partial charge in [-0.15, -0.1) is 10.2 Å². The molecular weight excluding hydrogens is 212 g/mol. The predicted octanol–water partition coefficient (Wildman–Crippen LogP) is 1.28. The van der Waals surface area contributed by atoms with Crippen molar-refractivity contribution < 1.29 is 0 Å². The highest BCUT2D eigenvalue weighted by molar-refractivity contribution is 5.24. The molecule has 1 aromatic heterocycles. The Morgan fingerprint density at radius 2 is 2.06 bits per heavy atom. The molecule has 88 valence electrons. The smallest absolute Gasteiger partial charge is 0.147 e. The fourth-order valence-corrected chi connectivity index (χ4v) is 2.17. The highest BCUT2D eigenvalue weighted by Gasteiger charge is 2.15. The van der Waals surface area contributed by atoms with E-state index in [1.165, 1.54) is 11.1 Å². The van der Waals surface area contributed by atoms with Crippen LogP contribution < -0.4 is 5.32 Å². The summed E-state index contributed by atoms with van der Waals surface area (Å²) in [7, 11) is 0. The number of hydrogen-bond donors (Lipinski definition) is 1. The molecule has 3 rings (SSSR count). The zero-order valence-electron chi connectivity index (χ0n) is 9.98. The number of nitrogens with zero attached hydrogens (tertiary/aromatic N) is 3. The first-order chi connectivity index (χ1) is 8.33. The molecule has 4 heteroatoms. The number of nitrogens with one attached hydrogen (secondary N) is 1. The average Bonchev–Trinajstić information content (AvgIpc) is 2.76. The van der Waals surface area contributed by atoms with Crippen molar-refractivity contribution in [2.45, 2.75) is 26.4 Å².